The van der Waals surface area contributed by atoms with Crippen LogP contribution in [0.2, 0.25) is 10.0 Å². The monoisotopic (exact) mass is 631 g/mol. The molecule has 7 nitrogen and oxygen atoms in total. The number of aromatic amines is 1. The molecule has 0 spiro atoms. The third kappa shape index (κ3) is 5.32. The number of para-hydroxylation sites is 2. The SMILES string of the molecule is Cn1c(=O)c(C(c2ccccc2)c2[nH]c3ccccc3c2CCNS(=O)(=O)c2cc(Cl)ccc2Cl)c(O)c2ccccc21. The van der Waals surface area contributed by atoms with Crippen molar-refractivity contribution >= 4 is 55.0 Å². The van der Waals surface area contributed by atoms with Crippen LogP contribution in [0.4, 0.5) is 0 Å². The number of halogens is 2. The standard InChI is InChI=1S/C33H27Cl2N3O4S/c1-38-27-14-8-6-12-24(27)32(39)30(33(38)40)29(20-9-3-2-4-10-20)31-23(22-11-5-7-13-26(22)37-31)17-18-36-43(41,42)28-19-21(34)15-16-25(28)35/h2-16,19,29,36-37,39H,17-18H2,1H3. The van der Waals surface area contributed by atoms with Crippen LogP contribution in [0.5, 0.6) is 5.75 Å². The fraction of sp³-hybridized carbons (Fsp3) is 0.121. The van der Waals surface area contributed by atoms with Gasteiger partial charge in [-0.3, -0.25) is 4.79 Å². The van der Waals surface area contributed by atoms with Gasteiger partial charge < -0.3 is 14.7 Å². The number of aromatic hydroxyl groups is 1. The second kappa shape index (κ2) is 11.5. The molecule has 1 unspecified atom stereocenters. The fourth-order valence-electron chi connectivity index (χ4n) is 5.69. The Bertz CT molecular complexity index is 2160. The van der Waals surface area contributed by atoms with Crippen LogP contribution in [-0.4, -0.2) is 29.6 Å². The third-order valence-corrected chi connectivity index (χ3v) is 9.90. The number of hydrogen-bond acceptors (Lipinski definition) is 4. The Labute approximate surface area is 258 Å². The highest BCUT2D eigenvalue weighted by Gasteiger charge is 2.30. The summed E-state index contributed by atoms with van der Waals surface area (Å²) in [5.41, 5.74) is 3.65. The summed E-state index contributed by atoms with van der Waals surface area (Å²) in [5.74, 6) is -0.764. The van der Waals surface area contributed by atoms with Crippen molar-refractivity contribution in [1.82, 2.24) is 14.3 Å². The second-order valence-electron chi connectivity index (χ2n) is 10.3. The number of pyridine rings is 1. The number of benzene rings is 4. The normalized spacial score (nSPS) is 12.6. The lowest BCUT2D eigenvalue weighted by molar-refractivity contribution is 0.470. The highest BCUT2D eigenvalue weighted by molar-refractivity contribution is 7.89. The first-order valence-corrected chi connectivity index (χ1v) is 15.8. The first-order chi connectivity index (χ1) is 20.7. The van der Waals surface area contributed by atoms with Gasteiger partial charge in [0.15, 0.2) is 0 Å². The predicted octanol–water partition coefficient (Wildman–Crippen LogP) is 6.73. The zero-order valence-electron chi connectivity index (χ0n) is 23.0. The van der Waals surface area contributed by atoms with Gasteiger partial charge in [0.05, 0.1) is 22.0 Å². The Morgan fingerprint density at radius 2 is 1.58 bits per heavy atom. The molecule has 2 aromatic heterocycles. The lowest BCUT2D eigenvalue weighted by atomic mass is 9.85. The largest absolute Gasteiger partial charge is 0.507 e. The van der Waals surface area contributed by atoms with Crippen molar-refractivity contribution in [2.75, 3.05) is 6.54 Å². The van der Waals surface area contributed by atoms with Crippen molar-refractivity contribution in [3.63, 3.8) is 0 Å². The van der Waals surface area contributed by atoms with Crippen LogP contribution in [0.15, 0.2) is 107 Å². The minimum absolute atomic E-state index is 0.0449. The van der Waals surface area contributed by atoms with Gasteiger partial charge in [-0.05, 0) is 53.9 Å². The summed E-state index contributed by atoms with van der Waals surface area (Å²) < 4.78 is 30.5. The van der Waals surface area contributed by atoms with Crippen molar-refractivity contribution in [2.24, 2.45) is 7.05 Å². The van der Waals surface area contributed by atoms with Gasteiger partial charge in [-0.25, -0.2) is 13.1 Å². The molecule has 6 aromatic rings. The van der Waals surface area contributed by atoms with Crippen LogP contribution in [0.3, 0.4) is 0 Å². The predicted molar refractivity (Wildman–Crippen MR) is 172 cm³/mol. The van der Waals surface area contributed by atoms with Crippen molar-refractivity contribution in [1.29, 1.82) is 0 Å². The van der Waals surface area contributed by atoms with E-state index in [-0.39, 0.29) is 44.8 Å². The number of sulfonamides is 1. The van der Waals surface area contributed by atoms with Crippen LogP contribution in [-0.2, 0) is 23.5 Å². The minimum Gasteiger partial charge on any atom is -0.507 e. The van der Waals surface area contributed by atoms with Gasteiger partial charge in [0.2, 0.25) is 10.0 Å². The molecule has 1 atom stereocenters. The van der Waals surface area contributed by atoms with Gasteiger partial charge in [0.25, 0.3) is 5.56 Å². The number of aryl methyl sites for hydroxylation is 1. The number of rotatable bonds is 8. The Balaban J connectivity index is 1.50. The fourth-order valence-corrected chi connectivity index (χ4v) is 7.49. The highest BCUT2D eigenvalue weighted by Crippen LogP contribution is 2.41. The Morgan fingerprint density at radius 3 is 2.35 bits per heavy atom. The van der Waals surface area contributed by atoms with Gasteiger partial charge in [-0.2, -0.15) is 0 Å². The molecule has 0 fully saturated rings. The lowest BCUT2D eigenvalue weighted by Gasteiger charge is -2.22. The number of fused-ring (bicyclic) bond motifs is 2. The van der Waals surface area contributed by atoms with Gasteiger partial charge in [-0.1, -0.05) is 83.9 Å². The van der Waals surface area contributed by atoms with Crippen LogP contribution >= 0.6 is 23.2 Å². The molecule has 0 bridgehead atoms. The topological polar surface area (TPSA) is 104 Å². The number of aromatic nitrogens is 2. The van der Waals surface area contributed by atoms with Crippen molar-refractivity contribution in [3.8, 4) is 5.75 Å². The molecule has 0 aliphatic rings. The van der Waals surface area contributed by atoms with E-state index < -0.39 is 15.9 Å². The number of H-pyrrole nitrogens is 1. The summed E-state index contributed by atoms with van der Waals surface area (Å²) in [7, 11) is -2.28. The van der Waals surface area contributed by atoms with Crippen LogP contribution in [0.1, 0.15) is 28.3 Å². The molecular formula is C33H27Cl2N3O4S. The molecule has 0 amide bonds. The zero-order chi connectivity index (χ0) is 30.3. The molecular weight excluding hydrogens is 605 g/mol. The van der Waals surface area contributed by atoms with E-state index in [1.165, 1.54) is 18.2 Å². The summed E-state index contributed by atoms with van der Waals surface area (Å²) in [6.07, 6.45) is 0.286. The van der Waals surface area contributed by atoms with E-state index in [4.69, 9.17) is 23.2 Å². The second-order valence-corrected chi connectivity index (χ2v) is 12.9. The number of nitrogens with zero attached hydrogens (tertiary/aromatic N) is 1. The molecule has 0 saturated heterocycles. The molecule has 0 aliphatic carbocycles. The smallest absolute Gasteiger partial charge is 0.258 e. The summed E-state index contributed by atoms with van der Waals surface area (Å²) >= 11 is 12.2. The molecule has 0 radical (unpaired) electrons. The maximum Gasteiger partial charge on any atom is 0.258 e. The van der Waals surface area contributed by atoms with E-state index in [1.54, 1.807) is 23.7 Å². The molecule has 10 heteroatoms. The third-order valence-electron chi connectivity index (χ3n) is 7.72. The molecule has 0 aliphatic heterocycles. The van der Waals surface area contributed by atoms with E-state index >= 15 is 0 Å². The summed E-state index contributed by atoms with van der Waals surface area (Å²) in [5, 5.41) is 13.4. The Kier molecular flexibility index (Phi) is 7.79. The maximum absolute atomic E-state index is 14.0. The number of hydrogen-bond donors (Lipinski definition) is 3. The quantitative estimate of drug-likeness (QED) is 0.173. The number of nitrogens with one attached hydrogen (secondary N) is 2. The molecule has 43 heavy (non-hydrogen) atoms. The van der Waals surface area contributed by atoms with Crippen LogP contribution in [0, 0.1) is 0 Å². The lowest BCUT2D eigenvalue weighted by Crippen LogP contribution is -2.27. The Hall–Kier alpha value is -4.08. The van der Waals surface area contributed by atoms with Gasteiger partial charge in [0, 0.05) is 40.6 Å². The summed E-state index contributed by atoms with van der Waals surface area (Å²) in [4.78, 5) is 17.4. The van der Waals surface area contributed by atoms with Crippen molar-refractivity contribution in [2.45, 2.75) is 17.2 Å². The molecule has 0 saturated carbocycles. The summed E-state index contributed by atoms with van der Waals surface area (Å²) in [6.45, 7) is 0.0449. The van der Waals surface area contributed by atoms with Crippen LogP contribution < -0.4 is 10.3 Å². The van der Waals surface area contributed by atoms with Crippen molar-refractivity contribution in [3.05, 3.63) is 140 Å². The molecule has 2 heterocycles. The van der Waals surface area contributed by atoms with Crippen LogP contribution in [0.25, 0.3) is 21.8 Å². The van der Waals surface area contributed by atoms with Gasteiger partial charge in [-0.15, -0.1) is 0 Å². The molecule has 6 rings (SSSR count). The molecule has 218 valence electrons. The van der Waals surface area contributed by atoms with Gasteiger partial charge >= 0.3 is 0 Å². The minimum atomic E-state index is -3.97. The summed E-state index contributed by atoms with van der Waals surface area (Å²) in [6, 6.07) is 28.7. The zero-order valence-corrected chi connectivity index (χ0v) is 25.3. The van der Waals surface area contributed by atoms with E-state index in [0.717, 1.165) is 22.0 Å². The van der Waals surface area contributed by atoms with Gasteiger partial charge in [0.1, 0.15) is 10.6 Å². The van der Waals surface area contributed by atoms with E-state index in [0.29, 0.717) is 16.6 Å². The molecule has 3 N–H and O–H groups in total. The average Bonchev–Trinajstić information content (AvgIpc) is 3.37. The average molecular weight is 633 g/mol. The highest BCUT2D eigenvalue weighted by atomic mass is 35.5. The van der Waals surface area contributed by atoms with E-state index in [2.05, 4.69) is 9.71 Å². The maximum atomic E-state index is 14.0. The van der Waals surface area contributed by atoms with E-state index in [9.17, 15) is 18.3 Å². The first-order valence-electron chi connectivity index (χ1n) is 13.6. The van der Waals surface area contributed by atoms with Crippen molar-refractivity contribution < 1.29 is 13.5 Å². The van der Waals surface area contributed by atoms with E-state index in [1.807, 2.05) is 66.7 Å². The first kappa shape index (κ1) is 29.0. The Morgan fingerprint density at radius 1 is 0.907 bits per heavy atom. The molecule has 4 aromatic carbocycles.